The Morgan fingerprint density at radius 1 is 1.30 bits per heavy atom. The van der Waals surface area contributed by atoms with Gasteiger partial charge in [0, 0.05) is 18.6 Å². The second kappa shape index (κ2) is 8.85. The van der Waals surface area contributed by atoms with Crippen LogP contribution in [-0.4, -0.2) is 24.4 Å². The molecule has 1 aromatic carbocycles. The molecule has 0 aromatic heterocycles. The molecule has 1 atom stereocenters. The monoisotopic (exact) mass is 358 g/mol. The fourth-order valence-electron chi connectivity index (χ4n) is 1.37. The van der Waals surface area contributed by atoms with E-state index in [4.69, 9.17) is 55.9 Å². The van der Waals surface area contributed by atoms with Crippen molar-refractivity contribution in [2.75, 3.05) is 13.2 Å². The van der Waals surface area contributed by atoms with Crippen molar-refractivity contribution in [3.05, 3.63) is 32.7 Å². The van der Waals surface area contributed by atoms with E-state index < -0.39 is 0 Å². The van der Waals surface area contributed by atoms with Crippen LogP contribution in [0.25, 0.3) is 0 Å². The van der Waals surface area contributed by atoms with Gasteiger partial charge in [-0.15, -0.1) is 0 Å². The Labute approximate surface area is 138 Å². The molecule has 0 aliphatic heterocycles. The van der Waals surface area contributed by atoms with Crippen molar-refractivity contribution in [2.24, 2.45) is 0 Å². The highest BCUT2D eigenvalue weighted by Gasteiger charge is 2.10. The molecule has 112 valence electrons. The third kappa shape index (κ3) is 6.42. The highest BCUT2D eigenvalue weighted by atomic mass is 35.5. The van der Waals surface area contributed by atoms with Gasteiger partial charge in [0.15, 0.2) is 5.75 Å². The fraction of sp³-hybridized carbons (Fsp3) is 0.385. The van der Waals surface area contributed by atoms with Crippen molar-refractivity contribution < 1.29 is 14.6 Å². The van der Waals surface area contributed by atoms with Crippen molar-refractivity contribution in [3.63, 3.8) is 0 Å². The summed E-state index contributed by atoms with van der Waals surface area (Å²) in [6, 6.07) is 2.74. The van der Waals surface area contributed by atoms with Gasteiger partial charge in [-0.2, -0.15) is 0 Å². The van der Waals surface area contributed by atoms with Crippen LogP contribution >= 0.6 is 46.4 Å². The van der Waals surface area contributed by atoms with Gasteiger partial charge in [0.25, 0.3) is 0 Å². The van der Waals surface area contributed by atoms with Crippen LogP contribution in [0.4, 0.5) is 0 Å². The molecule has 7 heteroatoms. The number of rotatable bonds is 7. The molecule has 0 heterocycles. The van der Waals surface area contributed by atoms with Crippen LogP contribution in [0.1, 0.15) is 13.3 Å². The number of ether oxygens (including phenoxy) is 2. The number of phenols is 1. The largest absolute Gasteiger partial charge is 0.508 e. The molecule has 20 heavy (non-hydrogen) atoms. The number of phenolic OH excluding ortho intramolecular Hbond substituents is 1. The van der Waals surface area contributed by atoms with Crippen LogP contribution < -0.4 is 4.74 Å². The van der Waals surface area contributed by atoms with Crippen molar-refractivity contribution in [1.29, 1.82) is 0 Å². The second-order valence-electron chi connectivity index (χ2n) is 4.01. The van der Waals surface area contributed by atoms with E-state index in [0.29, 0.717) is 25.4 Å². The van der Waals surface area contributed by atoms with E-state index in [2.05, 4.69) is 0 Å². The first-order valence-corrected chi connectivity index (χ1v) is 7.35. The number of hydrogen-bond acceptors (Lipinski definition) is 3. The van der Waals surface area contributed by atoms with Crippen molar-refractivity contribution in [2.45, 2.75) is 19.4 Å². The Hall–Kier alpha value is -0.320. The summed E-state index contributed by atoms with van der Waals surface area (Å²) < 4.78 is 11.1. The minimum absolute atomic E-state index is 0.00575. The molecule has 0 aliphatic carbocycles. The van der Waals surface area contributed by atoms with Crippen LogP contribution in [0.3, 0.4) is 0 Å². The quantitative estimate of drug-likeness (QED) is 0.727. The molecule has 0 saturated carbocycles. The van der Waals surface area contributed by atoms with Gasteiger partial charge >= 0.3 is 0 Å². The summed E-state index contributed by atoms with van der Waals surface area (Å²) in [7, 11) is 0. The number of halogens is 4. The molecule has 0 bridgehead atoms. The van der Waals surface area contributed by atoms with Gasteiger partial charge < -0.3 is 14.6 Å². The average Bonchev–Trinajstić information content (AvgIpc) is 2.32. The Morgan fingerprint density at radius 3 is 2.45 bits per heavy atom. The molecule has 3 nitrogen and oxygen atoms in total. The maximum Gasteiger partial charge on any atom is 0.156 e. The van der Waals surface area contributed by atoms with E-state index in [1.165, 1.54) is 12.1 Å². The SMILES string of the molecule is CC(CCOc1c(Cl)cc(O)cc1Cl)OCC=C(Cl)Cl. The van der Waals surface area contributed by atoms with Crippen molar-refractivity contribution >= 4 is 46.4 Å². The molecule has 0 saturated heterocycles. The zero-order valence-electron chi connectivity index (χ0n) is 10.7. The average molecular weight is 360 g/mol. The van der Waals surface area contributed by atoms with Gasteiger partial charge in [-0.1, -0.05) is 46.4 Å². The molecule has 1 rings (SSSR count). The molecule has 1 N–H and O–H groups in total. The first-order chi connectivity index (χ1) is 9.40. The van der Waals surface area contributed by atoms with Crippen LogP contribution in [0.5, 0.6) is 11.5 Å². The van der Waals surface area contributed by atoms with E-state index in [-0.39, 0.29) is 26.4 Å². The predicted octanol–water partition coefficient (Wildman–Crippen LogP) is 5.19. The van der Waals surface area contributed by atoms with Crippen LogP contribution in [0, 0.1) is 0 Å². The Bertz CT molecular complexity index is 450. The van der Waals surface area contributed by atoms with E-state index >= 15 is 0 Å². The van der Waals surface area contributed by atoms with Gasteiger partial charge in [0.05, 0.1) is 29.4 Å². The van der Waals surface area contributed by atoms with E-state index in [0.717, 1.165) is 0 Å². The minimum atomic E-state index is -0.0337. The summed E-state index contributed by atoms with van der Waals surface area (Å²) in [5.74, 6) is 0.343. The summed E-state index contributed by atoms with van der Waals surface area (Å²) >= 11 is 22.8. The summed E-state index contributed by atoms with van der Waals surface area (Å²) in [5, 5.41) is 9.83. The Kier molecular flexibility index (Phi) is 7.85. The highest BCUT2D eigenvalue weighted by Crippen LogP contribution is 2.36. The molecule has 0 radical (unpaired) electrons. The first kappa shape index (κ1) is 17.7. The lowest BCUT2D eigenvalue weighted by Gasteiger charge is -2.14. The van der Waals surface area contributed by atoms with Crippen molar-refractivity contribution in [1.82, 2.24) is 0 Å². The zero-order chi connectivity index (χ0) is 15.1. The number of benzene rings is 1. The van der Waals surface area contributed by atoms with Gasteiger partial charge in [-0.05, 0) is 13.0 Å². The summed E-state index contributed by atoms with van der Waals surface area (Å²) in [4.78, 5) is 0. The van der Waals surface area contributed by atoms with Crippen LogP contribution in [0.15, 0.2) is 22.7 Å². The standard InChI is InChI=1S/C13H14Cl4O3/c1-8(19-5-3-12(16)17)2-4-20-13-10(14)6-9(18)7-11(13)15/h3,6-8,18H,2,4-5H2,1H3. The topological polar surface area (TPSA) is 38.7 Å². The Morgan fingerprint density at radius 2 is 1.90 bits per heavy atom. The lowest BCUT2D eigenvalue weighted by molar-refractivity contribution is 0.0700. The van der Waals surface area contributed by atoms with Gasteiger partial charge in [0.2, 0.25) is 0 Å². The molecule has 0 spiro atoms. The second-order valence-corrected chi connectivity index (χ2v) is 5.84. The lowest BCUT2D eigenvalue weighted by atomic mass is 10.3. The maximum absolute atomic E-state index is 9.30. The molecule has 0 fully saturated rings. The van der Waals surface area contributed by atoms with E-state index in [1.807, 2.05) is 6.92 Å². The van der Waals surface area contributed by atoms with Crippen LogP contribution in [-0.2, 0) is 4.74 Å². The van der Waals surface area contributed by atoms with E-state index in [9.17, 15) is 5.11 Å². The Balaban J connectivity index is 2.39. The van der Waals surface area contributed by atoms with Gasteiger partial charge in [-0.3, -0.25) is 0 Å². The van der Waals surface area contributed by atoms with Gasteiger partial charge in [0.1, 0.15) is 10.2 Å². The first-order valence-electron chi connectivity index (χ1n) is 5.83. The fourth-order valence-corrected chi connectivity index (χ4v) is 2.08. The zero-order valence-corrected chi connectivity index (χ0v) is 13.7. The number of hydrogen-bond donors (Lipinski definition) is 1. The smallest absolute Gasteiger partial charge is 0.156 e. The highest BCUT2D eigenvalue weighted by molar-refractivity contribution is 6.55. The minimum Gasteiger partial charge on any atom is -0.508 e. The maximum atomic E-state index is 9.30. The van der Waals surface area contributed by atoms with Gasteiger partial charge in [-0.25, -0.2) is 0 Å². The third-order valence-electron chi connectivity index (χ3n) is 2.37. The van der Waals surface area contributed by atoms with Crippen LogP contribution in [0.2, 0.25) is 10.0 Å². The molecule has 0 amide bonds. The summed E-state index contributed by atoms with van der Waals surface area (Å²) in [6.45, 7) is 2.62. The summed E-state index contributed by atoms with van der Waals surface area (Å²) in [6.07, 6.45) is 2.17. The third-order valence-corrected chi connectivity index (χ3v) is 3.24. The van der Waals surface area contributed by atoms with Crippen molar-refractivity contribution in [3.8, 4) is 11.5 Å². The predicted molar refractivity (Wildman–Crippen MR) is 83.4 cm³/mol. The molecule has 1 aromatic rings. The molecular weight excluding hydrogens is 346 g/mol. The van der Waals surface area contributed by atoms with E-state index in [1.54, 1.807) is 6.08 Å². The normalized spacial score (nSPS) is 12.1. The molecular formula is C13H14Cl4O3. The molecule has 1 unspecified atom stereocenters. The lowest BCUT2D eigenvalue weighted by Crippen LogP contribution is -2.13. The number of aromatic hydroxyl groups is 1. The summed E-state index contributed by atoms with van der Waals surface area (Å²) in [5.41, 5.74) is 0. The molecule has 0 aliphatic rings.